The number of hydrogen-bond acceptors (Lipinski definition) is 5. The number of rotatable bonds is 4. The summed E-state index contributed by atoms with van der Waals surface area (Å²) < 4.78 is 5.69. The maximum absolute atomic E-state index is 12.6. The van der Waals surface area contributed by atoms with Gasteiger partial charge in [-0.25, -0.2) is 0 Å². The number of nitro benzene ring substituents is 1. The van der Waals surface area contributed by atoms with Crippen molar-refractivity contribution in [3.05, 3.63) is 69.8 Å². The van der Waals surface area contributed by atoms with Gasteiger partial charge in [-0.15, -0.1) is 0 Å². The molecular weight excluding hydrogens is 320 g/mol. The van der Waals surface area contributed by atoms with Crippen LogP contribution in [0.25, 0.3) is 0 Å². The molecule has 25 heavy (non-hydrogen) atoms. The van der Waals surface area contributed by atoms with Crippen LogP contribution in [0, 0.1) is 10.1 Å². The van der Waals surface area contributed by atoms with E-state index < -0.39 is 4.92 Å². The first-order chi connectivity index (χ1) is 12.0. The number of nitro groups is 1. The normalized spacial score (nSPS) is 20.3. The molecule has 1 heterocycles. The highest BCUT2D eigenvalue weighted by Gasteiger charge is 2.28. The zero-order valence-corrected chi connectivity index (χ0v) is 14.2. The van der Waals surface area contributed by atoms with Crippen LogP contribution in [0.4, 0.5) is 11.4 Å². The van der Waals surface area contributed by atoms with Crippen LogP contribution in [0.3, 0.4) is 0 Å². The number of morpholine rings is 1. The summed E-state index contributed by atoms with van der Waals surface area (Å²) in [4.78, 5) is 25.7. The van der Waals surface area contributed by atoms with E-state index in [4.69, 9.17) is 4.74 Å². The van der Waals surface area contributed by atoms with Gasteiger partial charge in [0.1, 0.15) is 5.69 Å². The molecule has 0 aromatic heterocycles. The number of carbonyl (C=O) groups is 1. The summed E-state index contributed by atoms with van der Waals surface area (Å²) in [5.74, 6) is -0.223. The van der Waals surface area contributed by atoms with Crippen LogP contribution in [-0.4, -0.2) is 36.0 Å². The second-order valence-electron chi connectivity index (χ2n) is 6.32. The van der Waals surface area contributed by atoms with Gasteiger partial charge in [0.2, 0.25) is 0 Å². The number of benzene rings is 2. The van der Waals surface area contributed by atoms with Crippen LogP contribution in [0.5, 0.6) is 0 Å². The van der Waals surface area contributed by atoms with Crippen LogP contribution >= 0.6 is 0 Å². The van der Waals surface area contributed by atoms with Crippen molar-refractivity contribution in [2.75, 3.05) is 18.0 Å². The van der Waals surface area contributed by atoms with Crippen LogP contribution < -0.4 is 4.90 Å². The Morgan fingerprint density at radius 2 is 1.72 bits per heavy atom. The summed E-state index contributed by atoms with van der Waals surface area (Å²) in [6.07, 6.45) is -0.0111. The maximum atomic E-state index is 12.6. The molecule has 2 atom stereocenters. The number of hydrogen-bond donors (Lipinski definition) is 0. The van der Waals surface area contributed by atoms with Gasteiger partial charge in [0.15, 0.2) is 5.78 Å². The standard InChI is InChI=1S/C19H20N2O4/c1-13-11-20(12-14(2)25-13)17-9-8-16(10-18(17)21(23)24)19(22)15-6-4-3-5-7-15/h3-10,13-14H,11-12H2,1-2H3/t13-,14-/m1/s1. The quantitative estimate of drug-likeness (QED) is 0.484. The second kappa shape index (κ2) is 7.03. The molecule has 2 aromatic carbocycles. The van der Waals surface area contributed by atoms with Gasteiger partial charge >= 0.3 is 0 Å². The van der Waals surface area contributed by atoms with Crippen molar-refractivity contribution in [1.82, 2.24) is 0 Å². The molecule has 130 valence electrons. The first-order valence-electron chi connectivity index (χ1n) is 8.24. The Hall–Kier alpha value is -2.73. The molecule has 0 spiro atoms. The Morgan fingerprint density at radius 3 is 2.32 bits per heavy atom. The van der Waals surface area contributed by atoms with Gasteiger partial charge in [-0.1, -0.05) is 30.3 Å². The topological polar surface area (TPSA) is 72.7 Å². The minimum Gasteiger partial charge on any atom is -0.372 e. The van der Waals surface area contributed by atoms with E-state index >= 15 is 0 Å². The maximum Gasteiger partial charge on any atom is 0.293 e. The van der Waals surface area contributed by atoms with E-state index in [0.717, 1.165) is 0 Å². The minimum atomic E-state index is -0.429. The van der Waals surface area contributed by atoms with Gasteiger partial charge in [-0.3, -0.25) is 14.9 Å². The summed E-state index contributed by atoms with van der Waals surface area (Å²) in [5, 5.41) is 11.6. The molecule has 0 amide bonds. The van der Waals surface area contributed by atoms with Gasteiger partial charge < -0.3 is 9.64 Å². The molecular formula is C19H20N2O4. The predicted octanol–water partition coefficient (Wildman–Crippen LogP) is 3.44. The largest absolute Gasteiger partial charge is 0.372 e. The van der Waals surface area contributed by atoms with E-state index in [0.29, 0.717) is 29.9 Å². The molecule has 2 aromatic rings. The van der Waals surface area contributed by atoms with E-state index in [1.807, 2.05) is 24.8 Å². The van der Waals surface area contributed by atoms with Crippen molar-refractivity contribution in [3.8, 4) is 0 Å². The van der Waals surface area contributed by atoms with Gasteiger partial charge in [0.05, 0.1) is 17.1 Å². The molecule has 0 unspecified atom stereocenters. The van der Waals surface area contributed by atoms with Crippen LogP contribution in [-0.2, 0) is 4.74 Å². The van der Waals surface area contributed by atoms with Crippen molar-refractivity contribution in [3.63, 3.8) is 0 Å². The van der Waals surface area contributed by atoms with Crippen molar-refractivity contribution in [2.24, 2.45) is 0 Å². The molecule has 1 fully saturated rings. The van der Waals surface area contributed by atoms with E-state index in [-0.39, 0.29) is 23.7 Å². The Morgan fingerprint density at radius 1 is 1.08 bits per heavy atom. The SMILES string of the molecule is C[C@@H]1CN(c2ccc(C(=O)c3ccccc3)cc2[N+](=O)[O-])C[C@@H](C)O1. The molecule has 1 aliphatic rings. The lowest BCUT2D eigenvalue weighted by Crippen LogP contribution is -2.45. The monoisotopic (exact) mass is 340 g/mol. The van der Waals surface area contributed by atoms with E-state index in [1.54, 1.807) is 36.4 Å². The molecule has 0 bridgehead atoms. The summed E-state index contributed by atoms with van der Waals surface area (Å²) >= 11 is 0. The predicted molar refractivity (Wildman–Crippen MR) is 95.2 cm³/mol. The van der Waals surface area contributed by atoms with E-state index in [1.165, 1.54) is 6.07 Å². The average Bonchev–Trinajstić information content (AvgIpc) is 2.60. The Balaban J connectivity index is 1.96. The fourth-order valence-corrected chi connectivity index (χ4v) is 3.21. The van der Waals surface area contributed by atoms with E-state index in [9.17, 15) is 14.9 Å². The van der Waals surface area contributed by atoms with E-state index in [2.05, 4.69) is 0 Å². The third-order valence-corrected chi connectivity index (χ3v) is 4.23. The molecule has 3 rings (SSSR count). The number of ether oxygens (including phenoxy) is 1. The third-order valence-electron chi connectivity index (χ3n) is 4.23. The van der Waals surface area contributed by atoms with Gasteiger partial charge in [0.25, 0.3) is 5.69 Å². The summed E-state index contributed by atoms with van der Waals surface area (Å²) in [6.45, 7) is 5.05. The Labute approximate surface area is 146 Å². The molecule has 6 heteroatoms. The number of ketones is 1. The van der Waals surface area contributed by atoms with Gasteiger partial charge in [-0.05, 0) is 26.0 Å². The molecule has 0 aliphatic carbocycles. The highest BCUT2D eigenvalue weighted by Crippen LogP contribution is 2.32. The lowest BCUT2D eigenvalue weighted by atomic mass is 10.0. The minimum absolute atomic E-state index is 0.00557. The van der Waals surface area contributed by atoms with Gasteiger partial charge in [-0.2, -0.15) is 0 Å². The highest BCUT2D eigenvalue weighted by molar-refractivity contribution is 6.09. The zero-order chi connectivity index (χ0) is 18.0. The van der Waals surface area contributed by atoms with Crippen LogP contribution in [0.1, 0.15) is 29.8 Å². The van der Waals surface area contributed by atoms with Crippen LogP contribution in [0.2, 0.25) is 0 Å². The smallest absolute Gasteiger partial charge is 0.293 e. The number of nitrogens with zero attached hydrogens (tertiary/aromatic N) is 2. The first-order valence-corrected chi connectivity index (χ1v) is 8.24. The lowest BCUT2D eigenvalue weighted by molar-refractivity contribution is -0.384. The lowest BCUT2D eigenvalue weighted by Gasteiger charge is -2.36. The molecule has 6 nitrogen and oxygen atoms in total. The summed E-state index contributed by atoms with van der Waals surface area (Å²) in [5.41, 5.74) is 1.30. The molecule has 0 radical (unpaired) electrons. The van der Waals surface area contributed by atoms with Crippen molar-refractivity contribution in [2.45, 2.75) is 26.1 Å². The molecule has 1 aliphatic heterocycles. The highest BCUT2D eigenvalue weighted by atomic mass is 16.6. The Kier molecular flexibility index (Phi) is 4.81. The summed E-state index contributed by atoms with van der Waals surface area (Å²) in [7, 11) is 0. The second-order valence-corrected chi connectivity index (χ2v) is 6.32. The fraction of sp³-hybridized carbons (Fsp3) is 0.316. The van der Waals surface area contributed by atoms with Crippen LogP contribution in [0.15, 0.2) is 48.5 Å². The summed E-state index contributed by atoms with van der Waals surface area (Å²) in [6, 6.07) is 13.5. The van der Waals surface area contributed by atoms with Crippen molar-refractivity contribution in [1.29, 1.82) is 0 Å². The Bertz CT molecular complexity index is 781. The average molecular weight is 340 g/mol. The molecule has 1 saturated heterocycles. The zero-order valence-electron chi connectivity index (χ0n) is 14.2. The van der Waals surface area contributed by atoms with Gasteiger partial charge in [0, 0.05) is 30.3 Å². The fourth-order valence-electron chi connectivity index (χ4n) is 3.21. The first kappa shape index (κ1) is 17.1. The number of carbonyl (C=O) groups excluding carboxylic acids is 1. The van der Waals surface area contributed by atoms with Crippen molar-refractivity contribution >= 4 is 17.2 Å². The van der Waals surface area contributed by atoms with Crippen molar-refractivity contribution < 1.29 is 14.5 Å². The third kappa shape index (κ3) is 3.69. The molecule has 0 saturated carbocycles. The number of anilines is 1. The molecule has 0 N–H and O–H groups in total.